The summed E-state index contributed by atoms with van der Waals surface area (Å²) in [5, 5.41) is 10.0. The number of rotatable bonds is 5. The Balaban J connectivity index is 1.66. The second-order valence-corrected chi connectivity index (χ2v) is 6.44. The molecule has 6 heteroatoms. The van der Waals surface area contributed by atoms with E-state index in [0.29, 0.717) is 17.3 Å². The van der Waals surface area contributed by atoms with Crippen LogP contribution in [-0.2, 0) is 9.59 Å². The molecule has 0 aromatic heterocycles. The number of hydrogen-bond acceptors (Lipinski definition) is 3. The second-order valence-electron chi connectivity index (χ2n) is 6.01. The van der Waals surface area contributed by atoms with Gasteiger partial charge in [0.05, 0.1) is 5.92 Å². The van der Waals surface area contributed by atoms with Gasteiger partial charge in [0.15, 0.2) is 6.61 Å². The number of carbonyl (C=O) groups excluding carboxylic acids is 1. The van der Waals surface area contributed by atoms with Crippen molar-refractivity contribution in [1.82, 2.24) is 4.90 Å². The lowest BCUT2D eigenvalue weighted by atomic mass is 9.89. The van der Waals surface area contributed by atoms with Crippen LogP contribution in [0.15, 0.2) is 54.6 Å². The number of aliphatic carboxylic acids is 1. The van der Waals surface area contributed by atoms with Gasteiger partial charge < -0.3 is 14.7 Å². The van der Waals surface area contributed by atoms with Crippen LogP contribution < -0.4 is 4.74 Å². The van der Waals surface area contributed by atoms with E-state index in [0.717, 1.165) is 5.56 Å². The van der Waals surface area contributed by atoms with Crippen LogP contribution in [0.25, 0.3) is 0 Å². The smallest absolute Gasteiger partial charge is 0.308 e. The van der Waals surface area contributed by atoms with Crippen LogP contribution >= 0.6 is 11.6 Å². The van der Waals surface area contributed by atoms with E-state index in [1.165, 1.54) is 0 Å². The Bertz CT molecular complexity index is 765. The first-order valence-corrected chi connectivity index (χ1v) is 8.36. The average molecular weight is 360 g/mol. The van der Waals surface area contributed by atoms with Crippen molar-refractivity contribution in [3.8, 4) is 5.75 Å². The van der Waals surface area contributed by atoms with E-state index in [1.54, 1.807) is 29.2 Å². The summed E-state index contributed by atoms with van der Waals surface area (Å²) in [6.07, 6.45) is 0. The van der Waals surface area contributed by atoms with Gasteiger partial charge in [0, 0.05) is 24.0 Å². The first-order chi connectivity index (χ1) is 12.0. The Kier molecular flexibility index (Phi) is 5.24. The van der Waals surface area contributed by atoms with Gasteiger partial charge in [0.25, 0.3) is 5.91 Å². The largest absolute Gasteiger partial charge is 0.484 e. The summed E-state index contributed by atoms with van der Waals surface area (Å²) in [6, 6.07) is 16.2. The molecule has 1 amide bonds. The summed E-state index contributed by atoms with van der Waals surface area (Å²) in [5.74, 6) is -1.44. The SMILES string of the molecule is O=C(O)C1CN(C(=O)COc2cccc(Cl)c2)CC1c1ccccc1. The maximum absolute atomic E-state index is 12.4. The van der Waals surface area contributed by atoms with Gasteiger partial charge >= 0.3 is 5.97 Å². The zero-order valence-corrected chi connectivity index (χ0v) is 14.2. The predicted molar refractivity (Wildman–Crippen MR) is 93.8 cm³/mol. The third kappa shape index (κ3) is 4.12. The predicted octanol–water partition coefficient (Wildman–Crippen LogP) is 3.05. The highest BCUT2D eigenvalue weighted by atomic mass is 35.5. The van der Waals surface area contributed by atoms with Crippen LogP contribution in [0, 0.1) is 5.92 Å². The van der Waals surface area contributed by atoms with Gasteiger partial charge in [0.2, 0.25) is 0 Å². The molecular weight excluding hydrogens is 342 g/mol. The Hall–Kier alpha value is -2.53. The Labute approximate surface area is 150 Å². The molecule has 130 valence electrons. The van der Waals surface area contributed by atoms with Crippen LogP contribution in [0.4, 0.5) is 0 Å². The molecule has 2 atom stereocenters. The number of carboxylic acid groups (broad SMARTS) is 1. The molecule has 3 rings (SSSR count). The van der Waals surface area contributed by atoms with Gasteiger partial charge in [-0.25, -0.2) is 0 Å². The molecule has 25 heavy (non-hydrogen) atoms. The lowest BCUT2D eigenvalue weighted by molar-refractivity contribution is -0.142. The number of hydrogen-bond donors (Lipinski definition) is 1. The van der Waals surface area contributed by atoms with Crippen LogP contribution in [0.5, 0.6) is 5.75 Å². The molecule has 0 saturated carbocycles. The fraction of sp³-hybridized carbons (Fsp3) is 0.263. The van der Waals surface area contributed by atoms with Crippen molar-refractivity contribution < 1.29 is 19.4 Å². The van der Waals surface area contributed by atoms with Gasteiger partial charge in [0.1, 0.15) is 5.75 Å². The molecule has 5 nitrogen and oxygen atoms in total. The van der Waals surface area contributed by atoms with E-state index < -0.39 is 11.9 Å². The highest BCUT2D eigenvalue weighted by Crippen LogP contribution is 2.33. The third-order valence-electron chi connectivity index (χ3n) is 4.38. The standard InChI is InChI=1S/C19H18ClNO4/c20-14-7-4-8-15(9-14)25-12-18(22)21-10-16(17(11-21)19(23)24)13-5-2-1-3-6-13/h1-9,16-17H,10-12H2,(H,23,24). The lowest BCUT2D eigenvalue weighted by Gasteiger charge is -2.17. The number of nitrogens with zero attached hydrogens (tertiary/aromatic N) is 1. The molecule has 0 bridgehead atoms. The van der Waals surface area contributed by atoms with Crippen molar-refractivity contribution in [2.75, 3.05) is 19.7 Å². The van der Waals surface area contributed by atoms with Gasteiger partial charge in [-0.2, -0.15) is 0 Å². The fourth-order valence-corrected chi connectivity index (χ4v) is 3.27. The van der Waals surface area contributed by atoms with Gasteiger partial charge in [-0.15, -0.1) is 0 Å². The first-order valence-electron chi connectivity index (χ1n) is 7.98. The topological polar surface area (TPSA) is 66.8 Å². The molecule has 1 fully saturated rings. The summed E-state index contributed by atoms with van der Waals surface area (Å²) in [6.45, 7) is 0.416. The molecule has 0 radical (unpaired) electrons. The summed E-state index contributed by atoms with van der Waals surface area (Å²) >= 11 is 5.89. The van der Waals surface area contributed by atoms with Crippen molar-refractivity contribution in [3.63, 3.8) is 0 Å². The average Bonchev–Trinajstić information content (AvgIpc) is 3.06. The summed E-state index contributed by atoms with van der Waals surface area (Å²) in [5.41, 5.74) is 0.931. The molecule has 1 saturated heterocycles. The van der Waals surface area contributed by atoms with Gasteiger partial charge in [-0.05, 0) is 23.8 Å². The van der Waals surface area contributed by atoms with Gasteiger partial charge in [-0.3, -0.25) is 9.59 Å². The molecule has 2 unspecified atom stereocenters. The van der Waals surface area contributed by atoms with E-state index in [-0.39, 0.29) is 25.0 Å². The molecule has 2 aromatic carbocycles. The lowest BCUT2D eigenvalue weighted by Crippen LogP contribution is -2.33. The summed E-state index contributed by atoms with van der Waals surface area (Å²) in [7, 11) is 0. The molecule has 1 N–H and O–H groups in total. The summed E-state index contributed by atoms with van der Waals surface area (Å²) < 4.78 is 5.47. The maximum Gasteiger partial charge on any atom is 0.308 e. The number of carboxylic acids is 1. The molecule has 2 aromatic rings. The van der Waals surface area contributed by atoms with Crippen molar-refractivity contribution >= 4 is 23.5 Å². The van der Waals surface area contributed by atoms with E-state index in [9.17, 15) is 14.7 Å². The number of carbonyl (C=O) groups is 2. The quantitative estimate of drug-likeness (QED) is 0.891. The molecular formula is C19H18ClNO4. The minimum atomic E-state index is -0.889. The van der Waals surface area contributed by atoms with Gasteiger partial charge in [-0.1, -0.05) is 48.0 Å². The van der Waals surface area contributed by atoms with Crippen molar-refractivity contribution in [1.29, 1.82) is 0 Å². The Morgan fingerprint density at radius 3 is 2.56 bits per heavy atom. The highest BCUT2D eigenvalue weighted by Gasteiger charge is 2.40. The number of halogens is 1. The van der Waals surface area contributed by atoms with Crippen molar-refractivity contribution in [2.45, 2.75) is 5.92 Å². The molecule has 0 spiro atoms. The van der Waals surface area contributed by atoms with E-state index in [4.69, 9.17) is 16.3 Å². The summed E-state index contributed by atoms with van der Waals surface area (Å²) in [4.78, 5) is 25.6. The zero-order valence-electron chi connectivity index (χ0n) is 13.5. The molecule has 1 aliphatic rings. The van der Waals surface area contributed by atoms with Crippen LogP contribution in [-0.4, -0.2) is 41.6 Å². The van der Waals surface area contributed by atoms with E-state index in [2.05, 4.69) is 0 Å². The van der Waals surface area contributed by atoms with E-state index in [1.807, 2.05) is 30.3 Å². The van der Waals surface area contributed by atoms with Crippen LogP contribution in [0.2, 0.25) is 5.02 Å². The van der Waals surface area contributed by atoms with Crippen LogP contribution in [0.1, 0.15) is 11.5 Å². The monoisotopic (exact) mass is 359 g/mol. The normalized spacial score (nSPS) is 19.6. The molecule has 1 aliphatic heterocycles. The minimum absolute atomic E-state index is 0.145. The number of likely N-dealkylation sites (tertiary alicyclic amines) is 1. The number of ether oxygens (including phenoxy) is 1. The first kappa shape index (κ1) is 17.3. The fourth-order valence-electron chi connectivity index (χ4n) is 3.09. The van der Waals surface area contributed by atoms with Crippen molar-refractivity contribution in [2.24, 2.45) is 5.92 Å². The number of benzene rings is 2. The Morgan fingerprint density at radius 2 is 1.88 bits per heavy atom. The third-order valence-corrected chi connectivity index (χ3v) is 4.61. The molecule has 0 aliphatic carbocycles. The minimum Gasteiger partial charge on any atom is -0.484 e. The zero-order chi connectivity index (χ0) is 17.8. The van der Waals surface area contributed by atoms with Crippen LogP contribution in [0.3, 0.4) is 0 Å². The second kappa shape index (κ2) is 7.57. The van der Waals surface area contributed by atoms with Crippen molar-refractivity contribution in [3.05, 3.63) is 65.2 Å². The Morgan fingerprint density at radius 1 is 1.12 bits per heavy atom. The number of amides is 1. The highest BCUT2D eigenvalue weighted by molar-refractivity contribution is 6.30. The molecule has 1 heterocycles. The van der Waals surface area contributed by atoms with E-state index >= 15 is 0 Å². The maximum atomic E-state index is 12.4.